The largest absolute Gasteiger partial charge is 0.392 e. The fourth-order valence-electron chi connectivity index (χ4n) is 2.73. The molecule has 1 heterocycles. The summed E-state index contributed by atoms with van der Waals surface area (Å²) in [6.45, 7) is 2.80. The lowest BCUT2D eigenvalue weighted by Gasteiger charge is -2.31. The Morgan fingerprint density at radius 2 is 2.00 bits per heavy atom. The molecule has 0 saturated carbocycles. The smallest absolute Gasteiger partial charge is 0.226 e. The van der Waals surface area contributed by atoms with E-state index in [1.807, 2.05) is 35.2 Å². The van der Waals surface area contributed by atoms with Crippen LogP contribution in [0.15, 0.2) is 30.3 Å². The Labute approximate surface area is 137 Å². The van der Waals surface area contributed by atoms with Gasteiger partial charge in [0.1, 0.15) is 0 Å². The fourth-order valence-corrected chi connectivity index (χ4v) is 2.94. The Hall–Kier alpha value is -1.08. The van der Waals surface area contributed by atoms with Crippen molar-refractivity contribution in [2.45, 2.75) is 18.9 Å². The minimum atomic E-state index is -0.587. The van der Waals surface area contributed by atoms with Gasteiger partial charge in [0.2, 0.25) is 5.91 Å². The molecule has 22 heavy (non-hydrogen) atoms. The van der Waals surface area contributed by atoms with Gasteiger partial charge in [-0.05, 0) is 18.4 Å². The number of carbonyl (C=O) groups excluding carboxylic acids is 1. The van der Waals surface area contributed by atoms with Gasteiger partial charge in [0.05, 0.1) is 19.3 Å². The highest BCUT2D eigenvalue weighted by Gasteiger charge is 2.27. The van der Waals surface area contributed by atoms with Crippen molar-refractivity contribution in [1.82, 2.24) is 9.62 Å². The monoisotopic (exact) mass is 324 g/mol. The lowest BCUT2D eigenvalue weighted by molar-refractivity contribution is -0.140. The van der Waals surface area contributed by atoms with Crippen LogP contribution >= 0.6 is 12.8 Å². The van der Waals surface area contributed by atoms with Crippen LogP contribution in [0.3, 0.4) is 0 Å². The van der Waals surface area contributed by atoms with Crippen molar-refractivity contribution < 1.29 is 14.6 Å². The van der Waals surface area contributed by atoms with Crippen LogP contribution in [-0.2, 0) is 16.0 Å². The molecular weight excluding hydrogens is 300 g/mol. The van der Waals surface area contributed by atoms with Gasteiger partial charge in [-0.3, -0.25) is 9.52 Å². The van der Waals surface area contributed by atoms with E-state index >= 15 is 0 Å². The number of benzene rings is 1. The van der Waals surface area contributed by atoms with E-state index in [0.717, 1.165) is 5.56 Å². The van der Waals surface area contributed by atoms with Gasteiger partial charge in [-0.15, -0.1) is 0 Å². The number of nitrogens with zero attached hydrogens (tertiary/aromatic N) is 1. The van der Waals surface area contributed by atoms with Gasteiger partial charge in [0.15, 0.2) is 0 Å². The summed E-state index contributed by atoms with van der Waals surface area (Å²) in [6.07, 6.45) is 0.482. The molecule has 1 amide bonds. The minimum absolute atomic E-state index is 0.102. The topological polar surface area (TPSA) is 61.8 Å². The van der Waals surface area contributed by atoms with Crippen LogP contribution in [0.1, 0.15) is 12.0 Å². The average Bonchev–Trinajstić information content (AvgIpc) is 2.55. The molecule has 0 radical (unpaired) electrons. The summed E-state index contributed by atoms with van der Waals surface area (Å²) in [7, 11) is 0. The maximum Gasteiger partial charge on any atom is 0.226 e. The number of thiol groups is 1. The van der Waals surface area contributed by atoms with Crippen LogP contribution in [0.5, 0.6) is 0 Å². The van der Waals surface area contributed by atoms with Gasteiger partial charge in [-0.25, -0.2) is 0 Å². The van der Waals surface area contributed by atoms with Crippen molar-refractivity contribution >= 4 is 18.7 Å². The number of carbonyl (C=O) groups is 1. The highest BCUT2D eigenvalue weighted by molar-refractivity contribution is 7.78. The van der Waals surface area contributed by atoms with Crippen molar-refractivity contribution in [3.05, 3.63) is 35.9 Å². The first-order valence-corrected chi connectivity index (χ1v) is 8.11. The first kappa shape index (κ1) is 17.3. The van der Waals surface area contributed by atoms with Crippen LogP contribution in [0, 0.1) is 5.92 Å². The lowest BCUT2D eigenvalue weighted by atomic mass is 9.92. The van der Waals surface area contributed by atoms with Crippen LogP contribution in [-0.4, -0.2) is 54.9 Å². The first-order chi connectivity index (χ1) is 10.7. The molecule has 1 aliphatic heterocycles. The summed E-state index contributed by atoms with van der Waals surface area (Å²) in [6, 6.07) is 9.93. The van der Waals surface area contributed by atoms with E-state index in [9.17, 15) is 9.90 Å². The maximum absolute atomic E-state index is 12.8. The van der Waals surface area contributed by atoms with Crippen molar-refractivity contribution in [3.8, 4) is 0 Å². The van der Waals surface area contributed by atoms with Crippen LogP contribution in [0.25, 0.3) is 0 Å². The summed E-state index contributed by atoms with van der Waals surface area (Å²) in [5.74, 6) is -0.123. The highest BCUT2D eigenvalue weighted by atomic mass is 32.1. The Bertz CT molecular complexity index is 452. The van der Waals surface area contributed by atoms with E-state index in [1.165, 1.54) is 0 Å². The molecule has 6 heteroatoms. The Kier molecular flexibility index (Phi) is 7.18. The van der Waals surface area contributed by atoms with Crippen molar-refractivity contribution in [2.75, 3.05) is 32.8 Å². The molecule has 1 saturated heterocycles. The summed E-state index contributed by atoms with van der Waals surface area (Å²) in [5.41, 5.74) is 1.11. The number of morpholine rings is 1. The van der Waals surface area contributed by atoms with Crippen molar-refractivity contribution in [2.24, 2.45) is 5.92 Å². The number of aliphatic hydroxyl groups excluding tert-OH is 1. The number of aliphatic hydroxyl groups is 1. The quantitative estimate of drug-likeness (QED) is 0.652. The van der Waals surface area contributed by atoms with Gasteiger partial charge in [-0.1, -0.05) is 43.1 Å². The third kappa shape index (κ3) is 5.28. The number of rotatable bonds is 7. The molecule has 1 aliphatic rings. The van der Waals surface area contributed by atoms with Gasteiger partial charge in [0, 0.05) is 25.6 Å². The van der Waals surface area contributed by atoms with Gasteiger partial charge in [-0.2, -0.15) is 0 Å². The molecule has 0 aromatic heterocycles. The molecule has 2 N–H and O–H groups in total. The second-order valence-electron chi connectivity index (χ2n) is 5.58. The first-order valence-electron chi connectivity index (χ1n) is 7.66. The summed E-state index contributed by atoms with van der Waals surface area (Å²) < 4.78 is 7.96. The van der Waals surface area contributed by atoms with E-state index in [4.69, 9.17) is 4.74 Å². The van der Waals surface area contributed by atoms with E-state index in [2.05, 4.69) is 17.5 Å². The van der Waals surface area contributed by atoms with Gasteiger partial charge < -0.3 is 14.7 Å². The lowest BCUT2D eigenvalue weighted by Crippen LogP contribution is -2.45. The molecule has 1 aromatic carbocycles. The molecular formula is C16H24N2O3S. The molecule has 2 atom stereocenters. The predicted octanol–water partition coefficient (Wildman–Crippen LogP) is 0.889. The third-order valence-electron chi connectivity index (χ3n) is 3.88. The van der Waals surface area contributed by atoms with Crippen LogP contribution < -0.4 is 4.72 Å². The summed E-state index contributed by atoms with van der Waals surface area (Å²) in [5, 5.41) is 10.0. The Balaban J connectivity index is 2.04. The fraction of sp³-hybridized carbons (Fsp3) is 0.562. The minimum Gasteiger partial charge on any atom is -0.392 e. The SMILES string of the molecule is O=C(C(Cc1ccccc1)CC(O)CNS)N1CCOCC1. The number of hydrogen-bond donors (Lipinski definition) is 3. The molecule has 5 nitrogen and oxygen atoms in total. The number of ether oxygens (including phenoxy) is 1. The number of hydrogen-bond acceptors (Lipinski definition) is 5. The second-order valence-corrected chi connectivity index (χ2v) is 5.89. The Morgan fingerprint density at radius 1 is 1.32 bits per heavy atom. The van der Waals surface area contributed by atoms with E-state index in [-0.39, 0.29) is 11.8 Å². The van der Waals surface area contributed by atoms with Crippen molar-refractivity contribution in [1.29, 1.82) is 0 Å². The zero-order chi connectivity index (χ0) is 15.8. The van der Waals surface area contributed by atoms with E-state index in [1.54, 1.807) is 0 Å². The average molecular weight is 324 g/mol. The molecule has 0 spiro atoms. The second kappa shape index (κ2) is 9.15. The molecule has 0 aliphatic carbocycles. The number of amides is 1. The summed E-state index contributed by atoms with van der Waals surface area (Å²) in [4.78, 5) is 14.6. The molecule has 2 rings (SSSR count). The predicted molar refractivity (Wildman–Crippen MR) is 88.6 cm³/mol. The molecule has 2 unspecified atom stereocenters. The third-order valence-corrected chi connectivity index (χ3v) is 4.06. The summed E-state index contributed by atoms with van der Waals surface area (Å²) >= 11 is 3.91. The van der Waals surface area contributed by atoms with Crippen LogP contribution in [0.4, 0.5) is 0 Å². The molecule has 122 valence electrons. The van der Waals surface area contributed by atoms with Gasteiger partial charge >= 0.3 is 0 Å². The number of nitrogens with one attached hydrogen (secondary N) is 1. The standard InChI is InChI=1S/C16H24N2O3S/c19-15(12-17-22)11-14(10-13-4-2-1-3-5-13)16(20)18-6-8-21-9-7-18/h1-5,14-15,17,19,22H,6-12H2. The van der Waals surface area contributed by atoms with Gasteiger partial charge in [0.25, 0.3) is 0 Å². The van der Waals surface area contributed by atoms with Crippen molar-refractivity contribution in [3.63, 3.8) is 0 Å². The maximum atomic E-state index is 12.8. The van der Waals surface area contributed by atoms with E-state index < -0.39 is 6.10 Å². The van der Waals surface area contributed by atoms with Crippen LogP contribution in [0.2, 0.25) is 0 Å². The molecule has 1 aromatic rings. The zero-order valence-electron chi connectivity index (χ0n) is 12.6. The van der Waals surface area contributed by atoms with E-state index in [0.29, 0.717) is 45.7 Å². The molecule has 0 bridgehead atoms. The highest BCUT2D eigenvalue weighted by Crippen LogP contribution is 2.18. The Morgan fingerprint density at radius 3 is 2.64 bits per heavy atom. The molecule has 1 fully saturated rings. The zero-order valence-corrected chi connectivity index (χ0v) is 13.5. The normalized spacial score (nSPS) is 18.0.